The molecule has 0 atom stereocenters. The maximum atomic E-state index is 12.6. The number of ether oxygens (including phenoxy) is 1. The minimum Gasteiger partial charge on any atom is -0.408 e. The molecule has 2 amide bonds. The quantitative estimate of drug-likeness (QED) is 0.528. The molecule has 34 heavy (non-hydrogen) atoms. The molecule has 1 fully saturated rings. The van der Waals surface area contributed by atoms with Crippen LogP contribution in [0.1, 0.15) is 25.0 Å². The number of rotatable bonds is 8. The highest BCUT2D eigenvalue weighted by Crippen LogP contribution is 2.34. The molecule has 184 valence electrons. The van der Waals surface area contributed by atoms with E-state index in [1.165, 1.54) is 23.1 Å². The molecule has 0 spiro atoms. The normalized spacial score (nSPS) is 15.0. The molecule has 0 unspecified atom stereocenters. The zero-order chi connectivity index (χ0) is 25.1. The third-order valence-electron chi connectivity index (χ3n) is 4.94. The summed E-state index contributed by atoms with van der Waals surface area (Å²) in [5, 5.41) is 0. The average molecular weight is 512 g/mol. The molecule has 1 aliphatic rings. The van der Waals surface area contributed by atoms with Gasteiger partial charge in [0.15, 0.2) is 5.75 Å². The highest BCUT2D eigenvalue weighted by Gasteiger charge is 2.36. The van der Waals surface area contributed by atoms with E-state index in [1.807, 2.05) is 4.72 Å². The molecule has 13 heteroatoms. The van der Waals surface area contributed by atoms with E-state index in [1.54, 1.807) is 38.1 Å². The second-order valence-electron chi connectivity index (χ2n) is 7.45. The van der Waals surface area contributed by atoms with Crippen molar-refractivity contribution in [1.29, 1.82) is 0 Å². The van der Waals surface area contributed by atoms with Crippen molar-refractivity contribution in [2.24, 2.45) is 0 Å². The van der Waals surface area contributed by atoms with Gasteiger partial charge in [-0.1, -0.05) is 24.3 Å². The molecule has 0 bridgehead atoms. The van der Waals surface area contributed by atoms with Crippen LogP contribution in [-0.4, -0.2) is 59.6 Å². The van der Waals surface area contributed by atoms with Gasteiger partial charge in [-0.15, -0.1) is 0 Å². The van der Waals surface area contributed by atoms with Gasteiger partial charge in [0.05, 0.1) is 11.9 Å². The van der Waals surface area contributed by atoms with Crippen LogP contribution in [0, 0.1) is 0 Å². The van der Waals surface area contributed by atoms with Gasteiger partial charge in [0, 0.05) is 25.1 Å². The van der Waals surface area contributed by atoms with Crippen LogP contribution < -0.4 is 17.9 Å². The van der Waals surface area contributed by atoms with Gasteiger partial charge in [-0.3, -0.25) is 4.79 Å². The first-order valence-electron chi connectivity index (χ1n) is 10.3. The average Bonchev–Trinajstić information content (AvgIpc) is 3.01. The fourth-order valence-corrected chi connectivity index (χ4v) is 5.02. The zero-order valence-corrected chi connectivity index (χ0v) is 20.5. The number of hydrogen-bond donors (Lipinski definition) is 1. The molecule has 1 N–H and O–H groups in total. The lowest BCUT2D eigenvalue weighted by Gasteiger charge is -2.22. The summed E-state index contributed by atoms with van der Waals surface area (Å²) in [6.45, 7) is 3.84. The van der Waals surface area contributed by atoms with E-state index in [-0.39, 0.29) is 23.6 Å². The van der Waals surface area contributed by atoms with Crippen molar-refractivity contribution in [2.45, 2.75) is 20.3 Å². The minimum atomic E-state index is -4.14. The van der Waals surface area contributed by atoms with Gasteiger partial charge in [-0.05, 0) is 37.6 Å². The molecular weight excluding hydrogens is 486 g/mol. The second kappa shape index (κ2) is 9.89. The van der Waals surface area contributed by atoms with Crippen LogP contribution in [0.2, 0.25) is 0 Å². The van der Waals surface area contributed by atoms with Crippen molar-refractivity contribution in [2.75, 3.05) is 30.2 Å². The van der Waals surface area contributed by atoms with Crippen molar-refractivity contribution >= 4 is 38.0 Å². The molecule has 2 aromatic carbocycles. The van der Waals surface area contributed by atoms with Gasteiger partial charge in [-0.25, -0.2) is 13.8 Å². The first-order valence-corrected chi connectivity index (χ1v) is 13.6. The Bertz CT molecular complexity index is 1310. The van der Waals surface area contributed by atoms with Crippen molar-refractivity contribution in [3.8, 4) is 11.5 Å². The van der Waals surface area contributed by atoms with Gasteiger partial charge in [0.1, 0.15) is 12.3 Å². The SMILES string of the molecule is CCN(CC)C(=O)Oc1cc(Cc2ccccc2OS(C)(=O)=O)ccc1N1CC(=O)NS1(=O)=O. The first kappa shape index (κ1) is 25.3. The maximum Gasteiger partial charge on any atom is 0.415 e. The Labute approximate surface area is 198 Å². The Kier molecular flexibility index (Phi) is 7.36. The third-order valence-corrected chi connectivity index (χ3v) is 6.81. The van der Waals surface area contributed by atoms with Crippen molar-refractivity contribution in [3.63, 3.8) is 0 Å². The molecule has 0 saturated carbocycles. The summed E-state index contributed by atoms with van der Waals surface area (Å²) in [6, 6.07) is 11.1. The lowest BCUT2D eigenvalue weighted by atomic mass is 10.0. The van der Waals surface area contributed by atoms with E-state index in [9.17, 15) is 26.4 Å². The van der Waals surface area contributed by atoms with Crippen LogP contribution in [0.4, 0.5) is 10.5 Å². The Morgan fingerprint density at radius 1 is 1.12 bits per heavy atom. The summed E-state index contributed by atoms with van der Waals surface area (Å²) in [5.41, 5.74) is 1.15. The van der Waals surface area contributed by atoms with E-state index >= 15 is 0 Å². The summed E-state index contributed by atoms with van der Waals surface area (Å²) in [5.74, 6) is -0.624. The highest BCUT2D eigenvalue weighted by molar-refractivity contribution is 7.92. The van der Waals surface area contributed by atoms with Gasteiger partial charge in [0.2, 0.25) is 0 Å². The fraction of sp³-hybridized carbons (Fsp3) is 0.333. The first-order chi connectivity index (χ1) is 15.9. The molecule has 0 radical (unpaired) electrons. The van der Waals surface area contributed by atoms with Gasteiger partial charge >= 0.3 is 26.4 Å². The third kappa shape index (κ3) is 5.97. The van der Waals surface area contributed by atoms with E-state index in [0.29, 0.717) is 24.2 Å². The largest absolute Gasteiger partial charge is 0.415 e. The summed E-state index contributed by atoms with van der Waals surface area (Å²) < 4.78 is 61.3. The number of anilines is 1. The molecule has 1 aliphatic heterocycles. The Morgan fingerprint density at radius 2 is 1.79 bits per heavy atom. The number of hydrogen-bond acceptors (Lipinski definition) is 8. The summed E-state index contributed by atoms with van der Waals surface area (Å²) in [7, 11) is -7.89. The second-order valence-corrected chi connectivity index (χ2v) is 10.6. The van der Waals surface area contributed by atoms with Crippen molar-refractivity contribution in [3.05, 3.63) is 53.6 Å². The van der Waals surface area contributed by atoms with Crippen LogP contribution in [-0.2, 0) is 31.5 Å². The van der Waals surface area contributed by atoms with Crippen LogP contribution in [0.5, 0.6) is 11.5 Å². The summed E-state index contributed by atoms with van der Waals surface area (Å²) in [4.78, 5) is 25.8. The number of nitrogens with zero attached hydrogens (tertiary/aromatic N) is 2. The Hall–Kier alpha value is -3.32. The monoisotopic (exact) mass is 511 g/mol. The molecule has 3 rings (SSSR count). The van der Waals surface area contributed by atoms with Crippen LogP contribution in [0.25, 0.3) is 0 Å². The van der Waals surface area contributed by atoms with E-state index < -0.39 is 38.9 Å². The molecular formula is C21H25N3O8S2. The Balaban J connectivity index is 2.02. The van der Waals surface area contributed by atoms with Crippen LogP contribution in [0.15, 0.2) is 42.5 Å². The fourth-order valence-electron chi connectivity index (χ4n) is 3.37. The van der Waals surface area contributed by atoms with E-state index in [4.69, 9.17) is 8.92 Å². The number of benzene rings is 2. The molecule has 11 nitrogen and oxygen atoms in total. The maximum absolute atomic E-state index is 12.6. The topological polar surface area (TPSA) is 139 Å². The van der Waals surface area contributed by atoms with Gasteiger partial charge in [-0.2, -0.15) is 16.8 Å². The van der Waals surface area contributed by atoms with Gasteiger partial charge in [0.25, 0.3) is 5.91 Å². The standard InChI is InChI=1S/C21H25N3O8S2/c1-4-23(5-2)21(26)31-19-13-15(10-11-17(19)24-14-20(25)22-34(24,29)30)12-16-8-6-7-9-18(16)32-33(3,27)28/h6-11,13H,4-5,12,14H2,1-3H3,(H,22,25). The summed E-state index contributed by atoms with van der Waals surface area (Å²) >= 11 is 0. The summed E-state index contributed by atoms with van der Waals surface area (Å²) in [6.07, 6.45) is 0.459. The zero-order valence-electron chi connectivity index (χ0n) is 18.8. The van der Waals surface area contributed by atoms with Crippen LogP contribution in [0.3, 0.4) is 0 Å². The molecule has 2 aromatic rings. The van der Waals surface area contributed by atoms with E-state index in [0.717, 1.165) is 10.6 Å². The number of carbonyl (C=O) groups excluding carboxylic acids is 2. The predicted molar refractivity (Wildman–Crippen MR) is 125 cm³/mol. The van der Waals surface area contributed by atoms with Crippen molar-refractivity contribution in [1.82, 2.24) is 9.62 Å². The molecule has 1 saturated heterocycles. The number of carbonyl (C=O) groups is 2. The predicted octanol–water partition coefficient (Wildman–Crippen LogP) is 1.64. The molecule has 0 aromatic heterocycles. The molecule has 1 heterocycles. The van der Waals surface area contributed by atoms with Crippen molar-refractivity contribution < 1.29 is 35.3 Å². The number of para-hydroxylation sites is 1. The molecule has 0 aliphatic carbocycles. The minimum absolute atomic E-state index is 0.0169. The highest BCUT2D eigenvalue weighted by atomic mass is 32.2. The number of nitrogens with one attached hydrogen (secondary N) is 1. The lowest BCUT2D eigenvalue weighted by Crippen LogP contribution is -2.34. The lowest BCUT2D eigenvalue weighted by molar-refractivity contribution is -0.117. The number of amides is 2. The Morgan fingerprint density at radius 3 is 2.38 bits per heavy atom. The van der Waals surface area contributed by atoms with Gasteiger partial charge < -0.3 is 13.8 Å². The van der Waals surface area contributed by atoms with Crippen LogP contribution >= 0.6 is 0 Å². The smallest absolute Gasteiger partial charge is 0.408 e. The van der Waals surface area contributed by atoms with E-state index in [2.05, 4.69) is 0 Å².